The first kappa shape index (κ1) is 41.0. The van der Waals surface area contributed by atoms with Crippen LogP contribution in [0.3, 0.4) is 0 Å². The third-order valence-electron chi connectivity index (χ3n) is 12.2. The average molecular weight is 854 g/mol. The van der Waals surface area contributed by atoms with Gasteiger partial charge in [0.2, 0.25) is 5.91 Å². The molecule has 4 aliphatic heterocycles. The van der Waals surface area contributed by atoms with Crippen molar-refractivity contribution >= 4 is 58.8 Å². The molecule has 5 aromatic rings. The number of carbonyl (C=O) groups is 3. The van der Waals surface area contributed by atoms with Gasteiger partial charge in [0.05, 0.1) is 48.8 Å². The van der Waals surface area contributed by atoms with E-state index in [1.165, 1.54) is 0 Å². The fourth-order valence-corrected chi connectivity index (χ4v) is 9.16. The Morgan fingerprint density at radius 3 is 1.95 bits per heavy atom. The third kappa shape index (κ3) is 7.97. The number of hydrogen-bond acceptors (Lipinski definition) is 10. The van der Waals surface area contributed by atoms with E-state index < -0.39 is 0 Å². The number of rotatable bonds is 12. The molecule has 0 aliphatic carbocycles. The van der Waals surface area contributed by atoms with E-state index in [9.17, 15) is 14.4 Å². The molecule has 12 nitrogen and oxygen atoms in total. The molecular weight excluding hydrogens is 803 g/mol. The van der Waals surface area contributed by atoms with E-state index in [2.05, 4.69) is 47.6 Å². The number of nitrogens with one attached hydrogen (secondary N) is 3. The summed E-state index contributed by atoms with van der Waals surface area (Å²) in [6.07, 6.45) is 2.43. The molecule has 0 saturated heterocycles. The molecular formula is C49H51N5O7S. The van der Waals surface area contributed by atoms with Gasteiger partial charge in [0.15, 0.2) is 23.0 Å². The Labute approximate surface area is 367 Å². The third-order valence-corrected chi connectivity index (χ3v) is 12.4. The number of nitrogens with zero attached hydrogens (tertiary/aromatic N) is 2. The van der Waals surface area contributed by atoms with Crippen molar-refractivity contribution < 1.29 is 33.3 Å². The Morgan fingerprint density at radius 2 is 1.32 bits per heavy atom. The van der Waals surface area contributed by atoms with Crippen molar-refractivity contribution in [3.63, 3.8) is 0 Å². The van der Waals surface area contributed by atoms with E-state index in [1.807, 2.05) is 90.4 Å². The van der Waals surface area contributed by atoms with Gasteiger partial charge >= 0.3 is 0 Å². The molecule has 0 radical (unpaired) electrons. The van der Waals surface area contributed by atoms with Crippen molar-refractivity contribution in [2.45, 2.75) is 82.5 Å². The molecule has 62 heavy (non-hydrogen) atoms. The molecule has 4 heterocycles. The highest BCUT2D eigenvalue weighted by Gasteiger charge is 2.41. The topological polar surface area (TPSA) is 131 Å². The lowest BCUT2D eigenvalue weighted by Crippen LogP contribution is -2.44. The number of para-hydroxylation sites is 2. The Balaban J connectivity index is 0.972. The van der Waals surface area contributed by atoms with Crippen molar-refractivity contribution in [2.75, 3.05) is 46.5 Å². The molecule has 4 aliphatic rings. The molecule has 3 atom stereocenters. The van der Waals surface area contributed by atoms with Crippen molar-refractivity contribution in [3.8, 4) is 23.0 Å². The van der Waals surface area contributed by atoms with E-state index in [0.717, 1.165) is 46.5 Å². The number of methoxy groups -OCH3 is 2. The molecule has 0 saturated carbocycles. The zero-order chi connectivity index (χ0) is 43.3. The van der Waals surface area contributed by atoms with Gasteiger partial charge in [0, 0.05) is 52.9 Å². The summed E-state index contributed by atoms with van der Waals surface area (Å²) >= 11 is 4.60. The zero-order valence-corrected chi connectivity index (χ0v) is 36.4. The maximum absolute atomic E-state index is 14.1. The lowest BCUT2D eigenvalue weighted by molar-refractivity contribution is -0.116. The number of amides is 3. The lowest BCUT2D eigenvalue weighted by Gasteiger charge is -2.27. The normalized spacial score (nSPS) is 18.4. The zero-order valence-electron chi connectivity index (χ0n) is 35.5. The number of ether oxygens (including phenoxy) is 4. The summed E-state index contributed by atoms with van der Waals surface area (Å²) in [5.74, 6) is 1.46. The van der Waals surface area contributed by atoms with E-state index >= 15 is 0 Å². The molecule has 3 amide bonds. The molecule has 0 spiro atoms. The summed E-state index contributed by atoms with van der Waals surface area (Å²) in [5.41, 5.74) is 8.66. The summed E-state index contributed by atoms with van der Waals surface area (Å²) in [6.45, 7) is 6.88. The Kier molecular flexibility index (Phi) is 10.9. The minimum absolute atomic E-state index is 0.0101. The smallest absolute Gasteiger partial charge is 0.260 e. The Bertz CT molecular complexity index is 2590. The van der Waals surface area contributed by atoms with E-state index in [-0.39, 0.29) is 53.8 Å². The van der Waals surface area contributed by atoms with Gasteiger partial charge in [0.1, 0.15) is 13.2 Å². The molecule has 320 valence electrons. The minimum atomic E-state index is -0.302. The van der Waals surface area contributed by atoms with Gasteiger partial charge in [-0.25, -0.2) is 0 Å². The molecule has 1 unspecified atom stereocenters. The Hall–Kier alpha value is -6.34. The van der Waals surface area contributed by atoms with Crippen molar-refractivity contribution in [2.24, 2.45) is 0 Å². The van der Waals surface area contributed by atoms with Crippen LogP contribution in [0.25, 0.3) is 0 Å². The number of benzene rings is 5. The van der Waals surface area contributed by atoms with Crippen LogP contribution in [0.5, 0.6) is 23.0 Å². The molecule has 0 aromatic heterocycles. The van der Waals surface area contributed by atoms with E-state index in [1.54, 1.807) is 26.4 Å². The largest absolute Gasteiger partial charge is 0.493 e. The monoisotopic (exact) mass is 853 g/mol. The maximum Gasteiger partial charge on any atom is 0.260 e. The van der Waals surface area contributed by atoms with Crippen LogP contribution in [0.4, 0.5) is 28.4 Å². The minimum Gasteiger partial charge on any atom is -0.493 e. The average Bonchev–Trinajstić information content (AvgIpc) is 3.78. The van der Waals surface area contributed by atoms with Crippen molar-refractivity contribution in [1.82, 2.24) is 0 Å². The molecule has 9 rings (SSSR count). The van der Waals surface area contributed by atoms with Crippen LogP contribution < -0.4 is 44.7 Å². The van der Waals surface area contributed by atoms with Gasteiger partial charge in [0.25, 0.3) is 11.8 Å². The highest BCUT2D eigenvalue weighted by Crippen LogP contribution is 2.43. The summed E-state index contributed by atoms with van der Waals surface area (Å²) in [7, 11) is 3.11. The van der Waals surface area contributed by atoms with Crippen LogP contribution in [-0.4, -0.2) is 61.4 Å². The second kappa shape index (κ2) is 16.5. The number of anilines is 5. The summed E-state index contributed by atoms with van der Waals surface area (Å²) in [5, 5.41) is 10.1. The SMILES string of the molecule is COc1cc2c(cc1OCc1cc(COc3cc4c(cc3OC)C(=O)N3c5ccccc5C[C@H]3C(C)N4)cc(NC(=O)CCC(C)(C)S)c1)NC[C@@H]1Cc3ccccc3N1C2=O. The quantitative estimate of drug-likeness (QED) is 0.0912. The van der Waals surface area contributed by atoms with Gasteiger partial charge in [-0.3, -0.25) is 14.4 Å². The summed E-state index contributed by atoms with van der Waals surface area (Å²) in [6, 6.07) is 28.9. The lowest BCUT2D eigenvalue weighted by atomic mass is 10.0. The fraction of sp³-hybridized carbons (Fsp3) is 0.327. The maximum atomic E-state index is 14.1. The van der Waals surface area contributed by atoms with Crippen LogP contribution >= 0.6 is 12.6 Å². The predicted octanol–water partition coefficient (Wildman–Crippen LogP) is 8.67. The van der Waals surface area contributed by atoms with Crippen LogP contribution in [0.1, 0.15) is 76.6 Å². The molecule has 13 heteroatoms. The first-order chi connectivity index (χ1) is 29.9. The second-order valence-electron chi connectivity index (χ2n) is 17.1. The summed E-state index contributed by atoms with van der Waals surface area (Å²) in [4.78, 5) is 45.1. The van der Waals surface area contributed by atoms with Crippen LogP contribution in [0, 0.1) is 0 Å². The van der Waals surface area contributed by atoms with Crippen molar-refractivity contribution in [1.29, 1.82) is 0 Å². The number of carbonyl (C=O) groups excluding carboxylic acids is 3. The van der Waals surface area contributed by atoms with Crippen LogP contribution in [0.15, 0.2) is 91.0 Å². The first-order valence-corrected chi connectivity index (χ1v) is 21.5. The molecule has 3 N–H and O–H groups in total. The van der Waals surface area contributed by atoms with Crippen LogP contribution in [-0.2, 0) is 30.8 Å². The Morgan fingerprint density at radius 1 is 0.758 bits per heavy atom. The van der Waals surface area contributed by atoms with Gasteiger partial charge in [-0.1, -0.05) is 50.2 Å². The molecule has 0 bridgehead atoms. The molecule has 5 aromatic carbocycles. The van der Waals surface area contributed by atoms with Gasteiger partial charge in [-0.05, 0) is 90.9 Å². The number of fused-ring (bicyclic) bond motifs is 8. The van der Waals surface area contributed by atoms with Gasteiger partial charge in [-0.15, -0.1) is 0 Å². The van der Waals surface area contributed by atoms with E-state index in [4.69, 9.17) is 18.9 Å². The summed E-state index contributed by atoms with van der Waals surface area (Å²) < 4.78 is 24.2. The molecule has 0 fully saturated rings. The highest BCUT2D eigenvalue weighted by atomic mass is 32.1. The standard InChI is InChI=1S/C49H51N5O7S/c1-28-41-20-32-11-7-9-13-40(32)54(41)48(57)36-22-43(59-5)45(24-38(36)51-28)61-27-30-16-29(17-33(18-30)52-46(55)14-15-49(2,3)62)26-60-44-23-37-35(21-42(44)58-4)47(56)53-34(25-50-37)19-31-10-6-8-12-39(31)53/h6-13,16-18,21-24,28,34,41,50-51,62H,14-15,19-20,25-27H2,1-5H3,(H,52,55)/t28?,34-,41-/m0/s1. The number of hydrogen-bond donors (Lipinski definition) is 4. The van der Waals surface area contributed by atoms with Gasteiger partial charge in [-0.2, -0.15) is 12.6 Å². The second-order valence-corrected chi connectivity index (χ2v) is 18.3. The van der Waals surface area contributed by atoms with Crippen molar-refractivity contribution in [3.05, 3.63) is 124 Å². The van der Waals surface area contributed by atoms with Gasteiger partial charge < -0.3 is 44.7 Å². The van der Waals surface area contributed by atoms with E-state index in [0.29, 0.717) is 70.6 Å². The highest BCUT2D eigenvalue weighted by molar-refractivity contribution is 7.81. The fourth-order valence-electron chi connectivity index (χ4n) is 9.05. The number of thiol groups is 1. The first-order valence-electron chi connectivity index (χ1n) is 21.1. The van der Waals surface area contributed by atoms with Crippen LogP contribution in [0.2, 0.25) is 0 Å². The predicted molar refractivity (Wildman–Crippen MR) is 245 cm³/mol.